The van der Waals surface area contributed by atoms with Gasteiger partial charge in [-0.05, 0) is 6.08 Å². The molecule has 3 aromatic rings. The number of thiazole rings is 1. The van der Waals surface area contributed by atoms with E-state index in [1.165, 1.54) is 11.3 Å². The molecule has 2 N–H and O–H groups in total. The number of nitrogens with one attached hydrogen (secondary N) is 2. The number of aromatic nitrogens is 3. The van der Waals surface area contributed by atoms with E-state index in [2.05, 4.69) is 20.5 Å². The van der Waals surface area contributed by atoms with Crippen LogP contribution in [0.5, 0.6) is 0 Å². The Labute approximate surface area is 129 Å². The molecule has 0 saturated heterocycles. The zero-order chi connectivity index (χ0) is 14.9. The molecular weight excluding hydrogens is 300 g/mol. The molecule has 3 heterocycles. The summed E-state index contributed by atoms with van der Waals surface area (Å²) in [4.78, 5) is 16.4. The molecule has 1 aliphatic heterocycles. The maximum atomic E-state index is 12.0. The third-order valence-electron chi connectivity index (χ3n) is 3.38. The van der Waals surface area contributed by atoms with E-state index in [0.717, 1.165) is 16.0 Å². The summed E-state index contributed by atoms with van der Waals surface area (Å²) in [5, 5.41) is 10.5. The van der Waals surface area contributed by atoms with Gasteiger partial charge < -0.3 is 4.74 Å². The van der Waals surface area contributed by atoms with Crippen LogP contribution in [-0.2, 0) is 9.53 Å². The Hall–Kier alpha value is -2.67. The summed E-state index contributed by atoms with van der Waals surface area (Å²) in [6.07, 6.45) is 3.50. The Balaban J connectivity index is 1.61. The smallest absolute Gasteiger partial charge is 0.267 e. The highest BCUT2D eigenvalue weighted by molar-refractivity contribution is 7.22. The minimum Gasteiger partial charge on any atom is -0.488 e. The number of nitrogens with zero attached hydrogens (tertiary/aromatic N) is 2. The van der Waals surface area contributed by atoms with Gasteiger partial charge in [-0.15, -0.1) is 0 Å². The van der Waals surface area contributed by atoms with E-state index in [0.29, 0.717) is 17.2 Å². The molecule has 1 unspecified atom stereocenters. The number of carbonyl (C=O) groups excluding carboxylic acids is 1. The standard InChI is InChI=1S/C15H12N4O2S/c20-14(10-7-4-8-21-10)17-15-16-13-12(22-15)11(18-19-13)9-5-2-1-3-6-9/h1-6,8,10H,7H2,(H2,16,17,18,19,20). The molecule has 22 heavy (non-hydrogen) atoms. The lowest BCUT2D eigenvalue weighted by atomic mass is 10.2. The highest BCUT2D eigenvalue weighted by Gasteiger charge is 2.23. The lowest BCUT2D eigenvalue weighted by Gasteiger charge is -2.08. The number of hydrogen-bond donors (Lipinski definition) is 2. The summed E-state index contributed by atoms with van der Waals surface area (Å²) in [6, 6.07) is 9.91. The van der Waals surface area contributed by atoms with Crippen LogP contribution in [0.1, 0.15) is 6.42 Å². The molecule has 0 saturated carbocycles. The number of H-pyrrole nitrogens is 1. The van der Waals surface area contributed by atoms with Gasteiger partial charge in [-0.25, -0.2) is 0 Å². The number of aromatic amines is 1. The number of fused-ring (bicyclic) bond motifs is 1. The van der Waals surface area contributed by atoms with Crippen LogP contribution in [0.4, 0.5) is 5.13 Å². The fourth-order valence-electron chi connectivity index (χ4n) is 2.30. The summed E-state index contributed by atoms with van der Waals surface area (Å²) in [7, 11) is 0. The van der Waals surface area contributed by atoms with E-state index >= 15 is 0 Å². The molecule has 0 aliphatic carbocycles. The molecule has 0 bridgehead atoms. The third-order valence-corrected chi connectivity index (χ3v) is 4.36. The van der Waals surface area contributed by atoms with Gasteiger partial charge in [0.1, 0.15) is 4.70 Å². The number of anilines is 1. The molecule has 1 amide bonds. The number of carbonyl (C=O) groups is 1. The maximum Gasteiger partial charge on any atom is 0.267 e. The van der Waals surface area contributed by atoms with Crippen LogP contribution in [-0.4, -0.2) is 27.2 Å². The van der Waals surface area contributed by atoms with Gasteiger partial charge in [0.2, 0.25) is 0 Å². The van der Waals surface area contributed by atoms with Crippen molar-refractivity contribution in [3.63, 3.8) is 0 Å². The predicted molar refractivity (Wildman–Crippen MR) is 84.5 cm³/mol. The van der Waals surface area contributed by atoms with Crippen molar-refractivity contribution in [1.82, 2.24) is 15.2 Å². The Morgan fingerprint density at radius 1 is 1.36 bits per heavy atom. The van der Waals surface area contributed by atoms with Gasteiger partial charge in [0.05, 0.1) is 12.0 Å². The van der Waals surface area contributed by atoms with Crippen LogP contribution < -0.4 is 5.32 Å². The summed E-state index contributed by atoms with van der Waals surface area (Å²) < 4.78 is 6.12. The third kappa shape index (κ3) is 2.25. The van der Waals surface area contributed by atoms with Crippen LogP contribution in [0.2, 0.25) is 0 Å². The van der Waals surface area contributed by atoms with E-state index in [9.17, 15) is 4.79 Å². The van der Waals surface area contributed by atoms with Gasteiger partial charge >= 0.3 is 0 Å². The highest BCUT2D eigenvalue weighted by Crippen LogP contribution is 2.33. The average molecular weight is 312 g/mol. The van der Waals surface area contributed by atoms with E-state index in [1.807, 2.05) is 36.4 Å². The van der Waals surface area contributed by atoms with Crippen molar-refractivity contribution in [3.8, 4) is 11.3 Å². The molecule has 4 rings (SSSR count). The summed E-state index contributed by atoms with van der Waals surface area (Å²) in [5.41, 5.74) is 2.55. The van der Waals surface area contributed by atoms with Gasteiger partial charge in [-0.1, -0.05) is 41.7 Å². The monoisotopic (exact) mass is 312 g/mol. The van der Waals surface area contributed by atoms with Crippen LogP contribution in [0.3, 0.4) is 0 Å². The highest BCUT2D eigenvalue weighted by atomic mass is 32.1. The summed E-state index contributed by atoms with van der Waals surface area (Å²) >= 11 is 1.40. The van der Waals surface area contributed by atoms with Gasteiger partial charge in [-0.3, -0.25) is 15.2 Å². The van der Waals surface area contributed by atoms with Crippen molar-refractivity contribution in [3.05, 3.63) is 42.7 Å². The largest absolute Gasteiger partial charge is 0.488 e. The fourth-order valence-corrected chi connectivity index (χ4v) is 3.23. The van der Waals surface area contributed by atoms with E-state index < -0.39 is 6.10 Å². The molecule has 1 aliphatic rings. The maximum absolute atomic E-state index is 12.0. The fraction of sp³-hybridized carbons (Fsp3) is 0.133. The molecular formula is C15H12N4O2S. The van der Waals surface area contributed by atoms with Gasteiger partial charge in [0, 0.05) is 12.0 Å². The quantitative estimate of drug-likeness (QED) is 0.779. The molecule has 6 nitrogen and oxygen atoms in total. The van der Waals surface area contributed by atoms with Crippen molar-refractivity contribution in [2.75, 3.05) is 5.32 Å². The van der Waals surface area contributed by atoms with Crippen molar-refractivity contribution in [2.24, 2.45) is 0 Å². The molecule has 0 radical (unpaired) electrons. The predicted octanol–water partition coefficient (Wildman–Crippen LogP) is 2.93. The number of rotatable bonds is 3. The van der Waals surface area contributed by atoms with Crippen LogP contribution in [0.25, 0.3) is 21.6 Å². The zero-order valence-electron chi connectivity index (χ0n) is 11.4. The van der Waals surface area contributed by atoms with Crippen LogP contribution >= 0.6 is 11.3 Å². The molecule has 7 heteroatoms. The second kappa shape index (κ2) is 5.27. The normalized spacial score (nSPS) is 16.8. The van der Waals surface area contributed by atoms with E-state index in [1.54, 1.807) is 6.26 Å². The Bertz CT molecular complexity index is 845. The van der Waals surface area contributed by atoms with E-state index in [4.69, 9.17) is 4.74 Å². The first-order valence-electron chi connectivity index (χ1n) is 6.83. The average Bonchev–Trinajstić information content (AvgIpc) is 3.24. The van der Waals surface area contributed by atoms with Crippen molar-refractivity contribution >= 4 is 32.7 Å². The second-order valence-electron chi connectivity index (χ2n) is 4.86. The molecule has 1 aromatic carbocycles. The molecule has 0 fully saturated rings. The molecule has 110 valence electrons. The molecule has 1 atom stereocenters. The second-order valence-corrected chi connectivity index (χ2v) is 5.86. The summed E-state index contributed by atoms with van der Waals surface area (Å²) in [5.74, 6) is -0.188. The van der Waals surface area contributed by atoms with Crippen molar-refractivity contribution in [2.45, 2.75) is 12.5 Å². The first-order chi connectivity index (χ1) is 10.8. The first-order valence-corrected chi connectivity index (χ1v) is 7.64. The zero-order valence-corrected chi connectivity index (χ0v) is 12.3. The first kappa shape index (κ1) is 13.0. The Morgan fingerprint density at radius 3 is 3.00 bits per heavy atom. The topological polar surface area (TPSA) is 79.9 Å². The lowest BCUT2D eigenvalue weighted by molar-refractivity contribution is -0.123. The Morgan fingerprint density at radius 2 is 2.23 bits per heavy atom. The number of ether oxygens (including phenoxy) is 1. The Kier molecular flexibility index (Phi) is 3.12. The van der Waals surface area contributed by atoms with Crippen molar-refractivity contribution < 1.29 is 9.53 Å². The number of amides is 1. The van der Waals surface area contributed by atoms with E-state index in [-0.39, 0.29) is 5.91 Å². The number of hydrogen-bond acceptors (Lipinski definition) is 5. The van der Waals surface area contributed by atoms with Gasteiger partial charge in [0.25, 0.3) is 5.91 Å². The summed E-state index contributed by atoms with van der Waals surface area (Å²) in [6.45, 7) is 0. The van der Waals surface area contributed by atoms with Crippen molar-refractivity contribution in [1.29, 1.82) is 0 Å². The molecule has 2 aromatic heterocycles. The van der Waals surface area contributed by atoms with Crippen LogP contribution in [0.15, 0.2) is 42.7 Å². The molecule has 0 spiro atoms. The SMILES string of the molecule is O=C(Nc1nc2n[nH]c(-c3ccccc3)c2s1)C1CC=CO1. The van der Waals surface area contributed by atoms with Gasteiger partial charge in [-0.2, -0.15) is 10.1 Å². The number of benzene rings is 1. The minimum absolute atomic E-state index is 0.188. The minimum atomic E-state index is -0.466. The van der Waals surface area contributed by atoms with Crippen LogP contribution in [0, 0.1) is 0 Å². The lowest BCUT2D eigenvalue weighted by Crippen LogP contribution is -2.26. The van der Waals surface area contributed by atoms with Gasteiger partial charge in [0.15, 0.2) is 16.9 Å².